The van der Waals surface area contributed by atoms with Gasteiger partial charge in [-0.2, -0.15) is 13.0 Å². The highest BCUT2D eigenvalue weighted by Crippen LogP contribution is 2.48. The molecular formula is C22H23ClN2O7S4. The Bertz CT molecular complexity index is 1540. The van der Waals surface area contributed by atoms with Crippen LogP contribution in [-0.4, -0.2) is 51.1 Å². The van der Waals surface area contributed by atoms with Crippen LogP contribution in [0.25, 0.3) is 16.3 Å². The smallest absolute Gasteiger partial charge is 0.265 e. The van der Waals surface area contributed by atoms with Gasteiger partial charge in [-0.1, -0.05) is 34.7 Å². The van der Waals surface area contributed by atoms with Crippen molar-refractivity contribution in [2.45, 2.75) is 24.3 Å². The Hall–Kier alpha value is -1.87. The van der Waals surface area contributed by atoms with Crippen molar-refractivity contribution in [2.75, 3.05) is 30.1 Å². The number of thioether (sulfide) groups is 1. The maximum absolute atomic E-state index is 11.3. The van der Waals surface area contributed by atoms with Crippen LogP contribution in [-0.2, 0) is 26.8 Å². The summed E-state index contributed by atoms with van der Waals surface area (Å²) in [5.74, 6) is -0.192. The molecule has 0 unspecified atom stereocenters. The number of aryl methyl sites for hydroxylation is 1. The zero-order valence-corrected chi connectivity index (χ0v) is 23.1. The summed E-state index contributed by atoms with van der Waals surface area (Å²) in [6, 6.07) is 11.1. The third-order valence-electron chi connectivity index (χ3n) is 5.44. The number of fused-ring (bicyclic) bond motifs is 2. The lowest BCUT2D eigenvalue weighted by Crippen LogP contribution is -2.36. The van der Waals surface area contributed by atoms with Gasteiger partial charge in [0.05, 0.1) is 45.8 Å². The summed E-state index contributed by atoms with van der Waals surface area (Å²) in [7, 11) is -6.88. The van der Waals surface area contributed by atoms with Crippen LogP contribution in [0.15, 0.2) is 46.3 Å². The molecule has 3 aromatic rings. The van der Waals surface area contributed by atoms with Crippen LogP contribution in [0.4, 0.5) is 5.69 Å². The van der Waals surface area contributed by atoms with E-state index in [1.54, 1.807) is 19.2 Å². The Kier molecular flexibility index (Phi) is 8.19. The van der Waals surface area contributed by atoms with Crippen molar-refractivity contribution in [3.05, 3.63) is 51.5 Å². The second kappa shape index (κ2) is 10.9. The minimum atomic E-state index is -4.34. The summed E-state index contributed by atoms with van der Waals surface area (Å²) >= 11 is 9.22. The number of hydrogen-bond acceptors (Lipinski definition) is 9. The second-order valence-electron chi connectivity index (χ2n) is 8.03. The van der Waals surface area contributed by atoms with Gasteiger partial charge in [-0.15, -0.1) is 0 Å². The minimum absolute atomic E-state index is 0.146. The van der Waals surface area contributed by atoms with Crippen LogP contribution in [0.2, 0.25) is 5.02 Å². The number of rotatable bonds is 10. The van der Waals surface area contributed by atoms with Gasteiger partial charge in [0, 0.05) is 28.6 Å². The van der Waals surface area contributed by atoms with Crippen molar-refractivity contribution in [1.29, 1.82) is 0 Å². The summed E-state index contributed by atoms with van der Waals surface area (Å²) < 4.78 is 73.5. The first-order valence-corrected chi connectivity index (χ1v) is 16.0. The standard InChI is InChI=1S/C22H23ClN2O7S4/c1-32-16-5-7-20-18(13-16)25(9-3-11-36(29,30)31)22(34-20)14-21-24(8-2-10-35(26,27)28)17-12-15(23)4-6-19(17)33-21/h4-7,12-14H,2-3,8-11H2,1H3,(H-,26,27,28,29,30,31). The number of thiazole rings is 1. The average Bonchev–Trinajstić information content (AvgIpc) is 3.29. The van der Waals surface area contributed by atoms with E-state index in [4.69, 9.17) is 16.3 Å². The molecule has 0 radical (unpaired) electrons. The SMILES string of the molecule is COc1ccc2sc(/C=C3\Sc4ccc(Cl)cc4N3CCCS(=O)(=O)[O-])[n+](CCCS(=O)(=O)O)c2c1. The van der Waals surface area contributed by atoms with Crippen LogP contribution in [0, 0.1) is 0 Å². The van der Waals surface area contributed by atoms with E-state index in [2.05, 4.69) is 0 Å². The van der Waals surface area contributed by atoms with E-state index in [1.807, 2.05) is 39.8 Å². The van der Waals surface area contributed by atoms with Crippen LogP contribution in [0.5, 0.6) is 5.75 Å². The van der Waals surface area contributed by atoms with Crippen molar-refractivity contribution in [3.63, 3.8) is 0 Å². The number of halogens is 1. The molecule has 1 N–H and O–H groups in total. The molecule has 1 aliphatic heterocycles. The summed E-state index contributed by atoms with van der Waals surface area (Å²) in [5.41, 5.74) is 1.68. The van der Waals surface area contributed by atoms with Crippen LogP contribution < -0.4 is 14.2 Å². The van der Waals surface area contributed by atoms with Crippen LogP contribution >= 0.6 is 34.7 Å². The molecule has 194 valence electrons. The molecule has 0 fully saturated rings. The van der Waals surface area contributed by atoms with Crippen molar-refractivity contribution >= 4 is 76.9 Å². The minimum Gasteiger partial charge on any atom is -0.748 e. The molecule has 1 aromatic heterocycles. The third kappa shape index (κ3) is 6.71. The van der Waals surface area contributed by atoms with Gasteiger partial charge in [0.1, 0.15) is 10.4 Å². The van der Waals surface area contributed by atoms with Crippen LogP contribution in [0.3, 0.4) is 0 Å². The lowest BCUT2D eigenvalue weighted by Gasteiger charge is -2.20. The normalized spacial score (nSPS) is 15.1. The molecule has 2 aromatic carbocycles. The first-order chi connectivity index (χ1) is 16.9. The van der Waals surface area contributed by atoms with Gasteiger partial charge in [-0.3, -0.25) is 4.55 Å². The molecule has 9 nitrogen and oxygen atoms in total. The topological polar surface area (TPSA) is 128 Å². The van der Waals surface area contributed by atoms with Crippen molar-refractivity contribution in [1.82, 2.24) is 0 Å². The summed E-state index contributed by atoms with van der Waals surface area (Å²) in [5, 5.41) is 2.18. The number of benzene rings is 2. The summed E-state index contributed by atoms with van der Waals surface area (Å²) in [4.78, 5) is 2.88. The molecule has 0 saturated carbocycles. The molecule has 1 aliphatic rings. The van der Waals surface area contributed by atoms with Crippen molar-refractivity contribution < 1.29 is 35.2 Å². The van der Waals surface area contributed by atoms with Crippen LogP contribution in [0.1, 0.15) is 17.8 Å². The number of ether oxygens (including phenoxy) is 1. The molecule has 0 saturated heterocycles. The third-order valence-corrected chi connectivity index (χ3v) is 9.49. The average molecular weight is 591 g/mol. The van der Waals surface area contributed by atoms with Gasteiger partial charge >= 0.3 is 0 Å². The van der Waals surface area contributed by atoms with E-state index in [9.17, 15) is 25.9 Å². The highest BCUT2D eigenvalue weighted by Gasteiger charge is 2.28. The van der Waals surface area contributed by atoms with Crippen molar-refractivity contribution in [2.24, 2.45) is 0 Å². The lowest BCUT2D eigenvalue weighted by molar-refractivity contribution is -0.668. The number of hydrogen-bond donors (Lipinski definition) is 1. The van der Waals surface area contributed by atoms with Gasteiger partial charge in [0.15, 0.2) is 6.54 Å². The predicted octanol–water partition coefficient (Wildman–Crippen LogP) is 3.97. The molecule has 0 amide bonds. The molecule has 4 rings (SSSR count). The van der Waals surface area contributed by atoms with Gasteiger partial charge in [-0.25, -0.2) is 8.42 Å². The Morgan fingerprint density at radius 2 is 1.92 bits per heavy atom. The van der Waals surface area contributed by atoms with Gasteiger partial charge < -0.3 is 14.2 Å². The lowest BCUT2D eigenvalue weighted by atomic mass is 10.2. The second-order valence-corrected chi connectivity index (χ2v) is 13.7. The number of nitrogens with zero attached hydrogens (tertiary/aromatic N) is 2. The summed E-state index contributed by atoms with van der Waals surface area (Å²) in [6.45, 7) is 0.638. The Morgan fingerprint density at radius 1 is 1.14 bits per heavy atom. The Balaban J connectivity index is 1.74. The van der Waals surface area contributed by atoms with Gasteiger partial charge in [0.2, 0.25) is 5.52 Å². The van der Waals surface area contributed by atoms with E-state index in [0.29, 0.717) is 23.9 Å². The molecule has 0 spiro atoms. The molecule has 0 atom stereocenters. The molecular weight excluding hydrogens is 568 g/mol. The maximum atomic E-state index is 11.3. The van der Waals surface area contributed by atoms with E-state index in [0.717, 1.165) is 30.8 Å². The van der Waals surface area contributed by atoms with E-state index < -0.39 is 26.0 Å². The fourth-order valence-electron chi connectivity index (χ4n) is 3.87. The first-order valence-electron chi connectivity index (χ1n) is 10.8. The van der Waals surface area contributed by atoms with Gasteiger partial charge in [-0.05, 0) is 36.8 Å². The van der Waals surface area contributed by atoms with E-state index in [1.165, 1.54) is 23.1 Å². The molecule has 0 bridgehead atoms. The summed E-state index contributed by atoms with van der Waals surface area (Å²) in [6.07, 6.45) is 2.30. The molecule has 14 heteroatoms. The zero-order valence-electron chi connectivity index (χ0n) is 19.1. The monoisotopic (exact) mass is 590 g/mol. The van der Waals surface area contributed by atoms with Gasteiger partial charge in [0.25, 0.3) is 15.1 Å². The fourth-order valence-corrected chi connectivity index (χ4v) is 7.30. The maximum Gasteiger partial charge on any atom is 0.265 e. The highest BCUT2D eigenvalue weighted by atomic mass is 35.5. The zero-order chi connectivity index (χ0) is 26.1. The predicted molar refractivity (Wildman–Crippen MR) is 141 cm³/mol. The number of methoxy groups -OCH3 is 1. The Labute approximate surface area is 222 Å². The highest BCUT2D eigenvalue weighted by molar-refractivity contribution is 8.04. The molecule has 36 heavy (non-hydrogen) atoms. The number of anilines is 1. The molecule has 2 heterocycles. The quantitative estimate of drug-likeness (QED) is 0.275. The number of aromatic nitrogens is 1. The van der Waals surface area contributed by atoms with Crippen molar-refractivity contribution in [3.8, 4) is 5.75 Å². The van der Waals surface area contributed by atoms with E-state index in [-0.39, 0.29) is 18.6 Å². The molecule has 0 aliphatic carbocycles. The fraction of sp³-hybridized carbons (Fsp3) is 0.318. The first kappa shape index (κ1) is 27.2. The van der Waals surface area contributed by atoms with E-state index >= 15 is 0 Å². The largest absolute Gasteiger partial charge is 0.748 e. The Morgan fingerprint density at radius 3 is 2.61 bits per heavy atom.